The van der Waals surface area contributed by atoms with Crippen LogP contribution in [0, 0.1) is 0 Å². The van der Waals surface area contributed by atoms with Gasteiger partial charge in [0.05, 0.1) is 22.5 Å². The molecule has 0 bridgehead atoms. The van der Waals surface area contributed by atoms with Crippen molar-refractivity contribution in [3.05, 3.63) is 52.1 Å². The molecule has 0 fully saturated rings. The molecule has 0 saturated heterocycles. The van der Waals surface area contributed by atoms with Crippen LogP contribution in [0.3, 0.4) is 0 Å². The molecule has 3 rings (SSSR count). The average Bonchev–Trinajstić information content (AvgIpc) is 2.83. The van der Waals surface area contributed by atoms with Crippen molar-refractivity contribution in [3.8, 4) is 11.5 Å². The summed E-state index contributed by atoms with van der Waals surface area (Å²) in [5, 5.41) is 1.20. The van der Waals surface area contributed by atoms with Crippen LogP contribution < -0.4 is 5.69 Å². The molecule has 1 N–H and O–H groups in total. The third-order valence-electron chi connectivity index (χ3n) is 2.47. The molecule has 2 aromatic heterocycles. The molecule has 5 heteroatoms. The van der Waals surface area contributed by atoms with E-state index in [9.17, 15) is 4.79 Å². The number of hydrogen-bond donors (Lipinski definition) is 1. The smallest absolute Gasteiger partial charge is 0.346 e. The maximum absolute atomic E-state index is 11.5. The summed E-state index contributed by atoms with van der Waals surface area (Å²) in [5.74, 6) is 0.580. The van der Waals surface area contributed by atoms with Gasteiger partial charge in [0.1, 0.15) is 0 Å². The van der Waals surface area contributed by atoms with E-state index in [-0.39, 0.29) is 0 Å². The van der Waals surface area contributed by atoms with Crippen molar-refractivity contribution >= 4 is 22.5 Å². The number of rotatable bonds is 1. The van der Waals surface area contributed by atoms with Gasteiger partial charge in [-0.05, 0) is 18.2 Å². The maximum Gasteiger partial charge on any atom is 0.346 e. The summed E-state index contributed by atoms with van der Waals surface area (Å²) in [5.41, 5.74) is 0.619. The molecule has 0 aliphatic rings. The fourth-order valence-electron chi connectivity index (χ4n) is 1.75. The quantitative estimate of drug-likeness (QED) is 0.718. The average molecular weight is 247 g/mol. The van der Waals surface area contributed by atoms with E-state index in [1.807, 2.05) is 6.07 Å². The molecule has 0 spiro atoms. The Morgan fingerprint density at radius 2 is 2.12 bits per heavy atom. The van der Waals surface area contributed by atoms with Gasteiger partial charge in [-0.1, -0.05) is 23.7 Å². The Balaban J connectivity index is 2.46. The zero-order chi connectivity index (χ0) is 11.8. The lowest BCUT2D eigenvalue weighted by atomic mass is 10.1. The molecular formula is C12H7ClN2O2. The topological polar surface area (TPSA) is 58.9 Å². The zero-order valence-electron chi connectivity index (χ0n) is 8.61. The Hall–Kier alpha value is -2.07. The van der Waals surface area contributed by atoms with Crippen molar-refractivity contribution in [2.24, 2.45) is 0 Å². The third kappa shape index (κ3) is 1.62. The number of nitrogens with one attached hydrogen (secondary N) is 1. The third-order valence-corrected chi connectivity index (χ3v) is 2.77. The van der Waals surface area contributed by atoms with Crippen molar-refractivity contribution in [2.75, 3.05) is 0 Å². The molecule has 0 aliphatic carbocycles. The van der Waals surface area contributed by atoms with E-state index < -0.39 is 5.69 Å². The first kappa shape index (κ1) is 10.1. The molecular weight excluding hydrogens is 240 g/mol. The van der Waals surface area contributed by atoms with Crippen molar-refractivity contribution in [2.45, 2.75) is 0 Å². The maximum atomic E-state index is 11.5. The number of aromatic nitrogens is 2. The van der Waals surface area contributed by atoms with Gasteiger partial charge < -0.3 is 9.40 Å². The fourth-order valence-corrected chi connectivity index (χ4v) is 1.97. The van der Waals surface area contributed by atoms with Crippen molar-refractivity contribution in [3.63, 3.8) is 0 Å². The summed E-state index contributed by atoms with van der Waals surface area (Å²) in [7, 11) is 0. The number of halogens is 1. The van der Waals surface area contributed by atoms with Crippen LogP contribution in [0.2, 0.25) is 5.02 Å². The van der Waals surface area contributed by atoms with E-state index in [0.717, 1.165) is 5.39 Å². The van der Waals surface area contributed by atoms with Gasteiger partial charge in [-0.15, -0.1) is 0 Å². The van der Waals surface area contributed by atoms with Crippen molar-refractivity contribution in [1.82, 2.24) is 9.97 Å². The number of fused-ring (bicyclic) bond motifs is 1. The first-order valence-electron chi connectivity index (χ1n) is 4.98. The largest absolute Gasteiger partial charge is 0.463 e. The van der Waals surface area contributed by atoms with E-state index in [0.29, 0.717) is 22.0 Å². The van der Waals surface area contributed by atoms with E-state index in [1.54, 1.807) is 30.5 Å². The number of hydrogen-bond acceptors (Lipinski definition) is 3. The first-order chi connectivity index (χ1) is 8.25. The van der Waals surface area contributed by atoms with Crippen molar-refractivity contribution in [1.29, 1.82) is 0 Å². The lowest BCUT2D eigenvalue weighted by molar-refractivity contribution is 0.580. The summed E-state index contributed by atoms with van der Waals surface area (Å²) in [6.07, 6.45) is 1.55. The predicted molar refractivity (Wildman–Crippen MR) is 65.1 cm³/mol. The number of furan rings is 1. The van der Waals surface area contributed by atoms with Gasteiger partial charge in [0.15, 0.2) is 5.76 Å². The lowest BCUT2D eigenvalue weighted by Gasteiger charge is -2.03. The first-order valence-corrected chi connectivity index (χ1v) is 5.36. The van der Waals surface area contributed by atoms with Gasteiger partial charge in [0.25, 0.3) is 0 Å². The predicted octanol–water partition coefficient (Wildman–Crippen LogP) is 2.84. The Morgan fingerprint density at radius 1 is 1.24 bits per heavy atom. The molecule has 1 aromatic carbocycles. The number of benzene rings is 1. The molecule has 0 radical (unpaired) electrons. The normalized spacial score (nSPS) is 10.9. The molecule has 0 atom stereocenters. The van der Waals surface area contributed by atoms with Gasteiger partial charge in [-0.2, -0.15) is 4.98 Å². The van der Waals surface area contributed by atoms with Crippen LogP contribution in [0.15, 0.2) is 45.8 Å². The zero-order valence-corrected chi connectivity index (χ0v) is 9.36. The number of H-pyrrole nitrogens is 1. The summed E-state index contributed by atoms with van der Waals surface area (Å²) in [4.78, 5) is 18.0. The highest BCUT2D eigenvalue weighted by atomic mass is 35.5. The summed E-state index contributed by atoms with van der Waals surface area (Å²) < 4.78 is 5.28. The second kappa shape index (κ2) is 3.75. The molecule has 0 saturated carbocycles. The molecule has 4 nitrogen and oxygen atoms in total. The molecule has 17 heavy (non-hydrogen) atoms. The van der Waals surface area contributed by atoms with Crippen LogP contribution >= 0.6 is 11.6 Å². The lowest BCUT2D eigenvalue weighted by Crippen LogP contribution is -2.11. The van der Waals surface area contributed by atoms with E-state index >= 15 is 0 Å². The van der Waals surface area contributed by atoms with Crippen LogP contribution in [-0.2, 0) is 0 Å². The summed E-state index contributed by atoms with van der Waals surface area (Å²) >= 11 is 6.02. The van der Waals surface area contributed by atoms with Gasteiger partial charge in [0, 0.05) is 5.39 Å². The highest BCUT2D eigenvalue weighted by molar-refractivity contribution is 6.35. The minimum absolute atomic E-state index is 0.446. The minimum atomic E-state index is -0.447. The van der Waals surface area contributed by atoms with Gasteiger partial charge >= 0.3 is 5.69 Å². The number of aromatic amines is 1. The monoisotopic (exact) mass is 246 g/mol. The Morgan fingerprint density at radius 3 is 2.88 bits per heavy atom. The van der Waals surface area contributed by atoms with E-state index in [2.05, 4.69) is 9.97 Å². The SMILES string of the molecule is O=c1nc2c(Cl)cccc2c(-c2ccco2)[nH]1. The van der Waals surface area contributed by atoms with Crippen LogP contribution in [0.1, 0.15) is 0 Å². The standard InChI is InChI=1S/C12H7ClN2O2/c13-8-4-1-3-7-10(8)14-12(16)15-11(7)9-5-2-6-17-9/h1-6H,(H,14,15,16). The Kier molecular flexibility index (Phi) is 2.23. The van der Waals surface area contributed by atoms with Crippen LogP contribution in [0.4, 0.5) is 0 Å². The molecule has 84 valence electrons. The molecule has 2 heterocycles. The van der Waals surface area contributed by atoms with Crippen LogP contribution in [0.5, 0.6) is 0 Å². The Bertz CT molecular complexity index is 732. The molecule has 0 aliphatic heterocycles. The minimum Gasteiger partial charge on any atom is -0.463 e. The van der Waals surface area contributed by atoms with Gasteiger partial charge in [-0.25, -0.2) is 4.79 Å². The molecule has 0 unspecified atom stereocenters. The Labute approximate surface area is 101 Å². The van der Waals surface area contributed by atoms with Crippen LogP contribution in [0.25, 0.3) is 22.4 Å². The number of para-hydroxylation sites is 1. The molecule has 0 amide bonds. The summed E-state index contributed by atoms with van der Waals surface area (Å²) in [6.45, 7) is 0. The number of nitrogens with zero attached hydrogens (tertiary/aromatic N) is 1. The van der Waals surface area contributed by atoms with E-state index in [4.69, 9.17) is 16.0 Å². The second-order valence-electron chi connectivity index (χ2n) is 3.53. The summed E-state index contributed by atoms with van der Waals surface area (Å²) in [6, 6.07) is 8.86. The molecule has 3 aromatic rings. The van der Waals surface area contributed by atoms with E-state index in [1.165, 1.54) is 0 Å². The van der Waals surface area contributed by atoms with Crippen molar-refractivity contribution < 1.29 is 4.42 Å². The highest BCUT2D eigenvalue weighted by Crippen LogP contribution is 2.28. The second-order valence-corrected chi connectivity index (χ2v) is 3.94. The highest BCUT2D eigenvalue weighted by Gasteiger charge is 2.10. The van der Waals surface area contributed by atoms with Gasteiger partial charge in [-0.3, -0.25) is 0 Å². The fraction of sp³-hybridized carbons (Fsp3) is 0. The van der Waals surface area contributed by atoms with Crippen LogP contribution in [-0.4, -0.2) is 9.97 Å². The van der Waals surface area contributed by atoms with Gasteiger partial charge in [0.2, 0.25) is 0 Å².